The van der Waals surface area contributed by atoms with Crippen LogP contribution < -0.4 is 11.1 Å². The van der Waals surface area contributed by atoms with Gasteiger partial charge in [-0.25, -0.2) is 0 Å². The lowest BCUT2D eigenvalue weighted by atomic mass is 10.3. The molecule has 0 atom stereocenters. The van der Waals surface area contributed by atoms with E-state index in [1.807, 2.05) is 0 Å². The number of unbranched alkanes of at least 4 members (excludes halogenated alkanes) is 2. The molecule has 0 aromatic carbocycles. The van der Waals surface area contributed by atoms with E-state index in [-0.39, 0.29) is 0 Å². The Morgan fingerprint density at radius 2 is 1.94 bits per heavy atom. The van der Waals surface area contributed by atoms with Gasteiger partial charge in [-0.3, -0.25) is 14.7 Å². The molecule has 0 spiro atoms. The van der Waals surface area contributed by atoms with E-state index in [9.17, 15) is 9.36 Å². The van der Waals surface area contributed by atoms with Crippen molar-refractivity contribution in [3.63, 3.8) is 0 Å². The van der Waals surface area contributed by atoms with E-state index < -0.39 is 26.4 Å². The Balaban J connectivity index is 0. The highest BCUT2D eigenvalue weighted by molar-refractivity contribution is 7.51. The van der Waals surface area contributed by atoms with E-state index in [0.29, 0.717) is 0 Å². The number of nitrogens with two attached hydrogens (primary N) is 1. The number of hydrogen-bond acceptors (Lipinski definition) is 4. The largest absolute Gasteiger partial charge is 0.480 e. The van der Waals surface area contributed by atoms with Crippen LogP contribution in [0.25, 0.3) is 0 Å². The number of carbonyl (C=O) groups is 1. The zero-order valence-electron chi connectivity index (χ0n) is 9.43. The predicted octanol–water partition coefficient (Wildman–Crippen LogP) is -0.0689. The van der Waals surface area contributed by atoms with Gasteiger partial charge in [-0.15, -0.1) is 0 Å². The highest BCUT2D eigenvalue weighted by atomic mass is 31.2. The van der Waals surface area contributed by atoms with E-state index in [1.54, 1.807) is 0 Å². The average Bonchev–Trinajstić information content (AvgIpc) is 2.13. The van der Waals surface area contributed by atoms with Crippen LogP contribution in [0.2, 0.25) is 0 Å². The van der Waals surface area contributed by atoms with Crippen molar-refractivity contribution in [1.29, 1.82) is 0 Å². The molecule has 0 aliphatic heterocycles. The van der Waals surface area contributed by atoms with E-state index in [1.165, 1.54) is 19.3 Å². The van der Waals surface area contributed by atoms with Crippen LogP contribution in [0, 0.1) is 0 Å². The fourth-order valence-corrected chi connectivity index (χ4v) is 1.11. The summed E-state index contributed by atoms with van der Waals surface area (Å²) >= 11 is 0. The van der Waals surface area contributed by atoms with Crippen LogP contribution in [0.5, 0.6) is 0 Å². The summed E-state index contributed by atoms with van der Waals surface area (Å²) in [7, 11) is -4.10. The normalized spacial score (nSPS) is 10.5. The molecule has 0 saturated heterocycles. The third kappa shape index (κ3) is 23.4. The lowest BCUT2D eigenvalue weighted by Gasteiger charge is -2.02. The zero-order valence-corrected chi connectivity index (χ0v) is 10.3. The van der Waals surface area contributed by atoms with E-state index in [0.717, 1.165) is 6.54 Å². The Morgan fingerprint density at radius 1 is 1.38 bits per heavy atom. The maximum atomic E-state index is 10.1. The molecule has 0 rings (SSSR count). The van der Waals surface area contributed by atoms with Crippen molar-refractivity contribution >= 4 is 13.6 Å². The Hall–Kier alpha value is -0.460. The molecule has 0 heterocycles. The highest BCUT2D eigenvalue weighted by Crippen LogP contribution is 2.31. The fraction of sp³-hybridized carbons (Fsp3) is 0.875. The van der Waals surface area contributed by atoms with Gasteiger partial charge < -0.3 is 20.6 Å². The lowest BCUT2D eigenvalue weighted by molar-refractivity contribution is -0.135. The van der Waals surface area contributed by atoms with Gasteiger partial charge in [0.25, 0.3) is 0 Å². The third-order valence-electron chi connectivity index (χ3n) is 1.40. The molecule has 0 unspecified atom stereocenters. The van der Waals surface area contributed by atoms with Crippen LogP contribution >= 0.6 is 7.60 Å². The summed E-state index contributed by atoms with van der Waals surface area (Å²) in [5.74, 6) is -1.14. The van der Waals surface area contributed by atoms with Crippen molar-refractivity contribution in [3.8, 4) is 0 Å². The van der Waals surface area contributed by atoms with Crippen molar-refractivity contribution in [2.45, 2.75) is 26.2 Å². The molecule has 0 amide bonds. The first kappa shape index (κ1) is 17.9. The minimum atomic E-state index is -4.10. The number of nitrogens with one attached hydrogen (secondary N) is 1. The van der Waals surface area contributed by atoms with Crippen molar-refractivity contribution in [3.05, 3.63) is 0 Å². The second kappa shape index (κ2) is 11.0. The molecule has 0 fully saturated rings. The zero-order chi connectivity index (χ0) is 13.0. The molecular formula is C8H21N2O5P. The molecule has 98 valence electrons. The second-order valence-corrected chi connectivity index (χ2v) is 4.78. The van der Waals surface area contributed by atoms with Gasteiger partial charge in [-0.05, 0) is 13.0 Å². The molecule has 6 N–H and O–H groups in total. The first-order chi connectivity index (χ1) is 7.33. The molecule has 16 heavy (non-hydrogen) atoms. The standard InChI is InChI=1S/C5H13N.C3H8NO5P/c1-2-3-4-5-6;5-3(6)1-4-2-10(7,8)9/h2-6H2,1H3;4H,1-2H2,(H,5,6)(H2,7,8,9). The highest BCUT2D eigenvalue weighted by Gasteiger charge is 2.11. The average molecular weight is 256 g/mol. The van der Waals surface area contributed by atoms with Gasteiger partial charge in [0.05, 0.1) is 12.8 Å². The number of rotatable bonds is 7. The smallest absolute Gasteiger partial charge is 0.339 e. The summed E-state index contributed by atoms with van der Waals surface area (Å²) in [6.07, 6.45) is 3.16. The van der Waals surface area contributed by atoms with Crippen molar-refractivity contribution in [2.24, 2.45) is 5.73 Å². The maximum absolute atomic E-state index is 10.1. The van der Waals surface area contributed by atoms with Crippen LogP contribution in [0.15, 0.2) is 0 Å². The SMILES string of the molecule is CCCCCN.O=C(O)CNCP(=O)(O)O. The molecule has 0 aromatic rings. The minimum Gasteiger partial charge on any atom is -0.480 e. The molecule has 0 radical (unpaired) electrons. The molecule has 8 heteroatoms. The Labute approximate surface area is 95.2 Å². The van der Waals surface area contributed by atoms with Crippen LogP contribution in [0.4, 0.5) is 0 Å². The van der Waals surface area contributed by atoms with Crippen molar-refractivity contribution in [1.82, 2.24) is 5.32 Å². The molecule has 0 saturated carbocycles. The second-order valence-electron chi connectivity index (χ2n) is 3.14. The van der Waals surface area contributed by atoms with Crippen LogP contribution in [0.1, 0.15) is 26.2 Å². The molecule has 7 nitrogen and oxygen atoms in total. The summed E-state index contributed by atoms with van der Waals surface area (Å²) in [6.45, 7) is 2.59. The molecule has 0 bridgehead atoms. The Morgan fingerprint density at radius 3 is 2.19 bits per heavy atom. The van der Waals surface area contributed by atoms with E-state index >= 15 is 0 Å². The van der Waals surface area contributed by atoms with Crippen LogP contribution in [-0.4, -0.2) is 40.2 Å². The molecule has 0 aliphatic rings. The van der Waals surface area contributed by atoms with Gasteiger partial charge >= 0.3 is 13.6 Å². The minimum absolute atomic E-state index is 0.439. The summed E-state index contributed by atoms with van der Waals surface area (Å²) in [4.78, 5) is 26.1. The Kier molecular flexibility index (Phi) is 12.4. The first-order valence-electron chi connectivity index (χ1n) is 5.00. The van der Waals surface area contributed by atoms with Gasteiger partial charge in [-0.1, -0.05) is 19.8 Å². The molecule has 0 aromatic heterocycles. The van der Waals surface area contributed by atoms with Gasteiger partial charge in [0.1, 0.15) is 0 Å². The fourth-order valence-electron chi connectivity index (χ4n) is 0.703. The molecule has 0 aliphatic carbocycles. The summed E-state index contributed by atoms with van der Waals surface area (Å²) in [6, 6.07) is 0. The molecular weight excluding hydrogens is 235 g/mol. The first-order valence-corrected chi connectivity index (χ1v) is 6.80. The monoisotopic (exact) mass is 256 g/mol. The number of aliphatic carboxylic acids is 1. The number of carboxylic acid groups (broad SMARTS) is 1. The topological polar surface area (TPSA) is 133 Å². The number of hydrogen-bond donors (Lipinski definition) is 5. The number of carboxylic acids is 1. The van der Waals surface area contributed by atoms with Gasteiger partial charge in [-0.2, -0.15) is 0 Å². The third-order valence-corrected chi connectivity index (χ3v) is 2.04. The summed E-state index contributed by atoms with van der Waals surface area (Å²) in [5.41, 5.74) is 5.21. The summed E-state index contributed by atoms with van der Waals surface area (Å²) in [5, 5.41) is 10.1. The van der Waals surface area contributed by atoms with E-state index in [4.69, 9.17) is 20.6 Å². The van der Waals surface area contributed by atoms with Gasteiger partial charge in [0, 0.05) is 0 Å². The van der Waals surface area contributed by atoms with E-state index in [2.05, 4.69) is 12.2 Å². The maximum Gasteiger partial charge on any atom is 0.339 e. The quantitative estimate of drug-likeness (QED) is 0.318. The van der Waals surface area contributed by atoms with Crippen LogP contribution in [-0.2, 0) is 9.36 Å². The lowest BCUT2D eigenvalue weighted by Crippen LogP contribution is -2.23. The van der Waals surface area contributed by atoms with Gasteiger partial charge in [0.2, 0.25) is 0 Å². The van der Waals surface area contributed by atoms with Gasteiger partial charge in [0.15, 0.2) is 0 Å². The Bertz CT molecular complexity index is 214. The van der Waals surface area contributed by atoms with Crippen molar-refractivity contribution in [2.75, 3.05) is 19.4 Å². The van der Waals surface area contributed by atoms with Crippen molar-refractivity contribution < 1.29 is 24.3 Å². The summed E-state index contributed by atoms with van der Waals surface area (Å²) < 4.78 is 10.1. The van der Waals surface area contributed by atoms with Crippen LogP contribution in [0.3, 0.4) is 0 Å². The predicted molar refractivity (Wildman–Crippen MR) is 61.1 cm³/mol.